The summed E-state index contributed by atoms with van der Waals surface area (Å²) in [5, 5.41) is 22.1. The number of aliphatic hydroxyl groups is 2. The fraction of sp³-hybridized carbons (Fsp3) is 0.520. The van der Waals surface area contributed by atoms with Crippen LogP contribution in [-0.4, -0.2) is 29.2 Å². The number of rotatable bonds is 0. The molecule has 0 saturated heterocycles. The van der Waals surface area contributed by atoms with Gasteiger partial charge in [0.05, 0.1) is 13.2 Å². The molecule has 0 fully saturated rings. The van der Waals surface area contributed by atoms with Crippen LogP contribution in [0.25, 0.3) is 0 Å². The largest absolute Gasteiger partial charge is 0.365 e. The Morgan fingerprint density at radius 3 is 2.10 bits per heavy atom. The topological polar surface area (TPSA) is 58.9 Å². The highest BCUT2D eigenvalue weighted by molar-refractivity contribution is 5.30. The Morgan fingerprint density at radius 1 is 0.862 bits per heavy atom. The van der Waals surface area contributed by atoms with Gasteiger partial charge in [0.15, 0.2) is 11.6 Å². The lowest BCUT2D eigenvalue weighted by Crippen LogP contribution is -2.43. The highest BCUT2D eigenvalue weighted by Gasteiger charge is 2.42. The zero-order valence-electron chi connectivity index (χ0n) is 18.2. The minimum absolute atomic E-state index is 0.198. The third-order valence-electron chi connectivity index (χ3n) is 5.71. The lowest BCUT2D eigenvalue weighted by Gasteiger charge is -2.41. The molecule has 1 aliphatic rings. The molecule has 4 bridgehead atoms. The van der Waals surface area contributed by atoms with E-state index in [4.69, 9.17) is 9.47 Å². The van der Waals surface area contributed by atoms with E-state index in [1.165, 1.54) is 0 Å². The predicted molar refractivity (Wildman–Crippen MR) is 115 cm³/mol. The van der Waals surface area contributed by atoms with Crippen molar-refractivity contribution in [3.8, 4) is 0 Å². The number of fused-ring (bicyclic) bond motifs is 4. The highest BCUT2D eigenvalue weighted by Crippen LogP contribution is 2.44. The average molecular weight is 399 g/mol. The molecule has 4 heteroatoms. The Hall–Kier alpha value is -1.72. The van der Waals surface area contributed by atoms with E-state index in [1.54, 1.807) is 13.8 Å². The van der Waals surface area contributed by atoms with Crippen LogP contribution in [0.3, 0.4) is 0 Å². The maximum absolute atomic E-state index is 11.3. The van der Waals surface area contributed by atoms with Crippen LogP contribution >= 0.6 is 0 Å². The fourth-order valence-electron chi connectivity index (χ4n) is 4.47. The van der Waals surface area contributed by atoms with Gasteiger partial charge < -0.3 is 19.7 Å². The molecule has 3 atom stereocenters. The van der Waals surface area contributed by atoms with Gasteiger partial charge in [-0.25, -0.2) is 0 Å². The zero-order chi connectivity index (χ0) is 21.3. The summed E-state index contributed by atoms with van der Waals surface area (Å²) in [7, 11) is 0. The molecular weight excluding hydrogens is 364 g/mol. The standard InChI is InChI=1S/C25H34O4/c1-23(2,3)22-20-10-6-8-18(16-20)12-14-28-24(4,26)21-11-7-9-19(17-21)13-15-29-25(22,5)27/h6-11,16-17,22,26-27H,12-15H2,1-5H3. The van der Waals surface area contributed by atoms with E-state index in [2.05, 4.69) is 39.0 Å². The Labute approximate surface area is 174 Å². The van der Waals surface area contributed by atoms with Gasteiger partial charge in [0, 0.05) is 11.5 Å². The summed E-state index contributed by atoms with van der Waals surface area (Å²) >= 11 is 0. The van der Waals surface area contributed by atoms with Crippen molar-refractivity contribution in [3.05, 3.63) is 70.8 Å². The van der Waals surface area contributed by atoms with Gasteiger partial charge in [0.1, 0.15) is 0 Å². The molecular formula is C25H34O4. The number of benzene rings is 2. The summed E-state index contributed by atoms with van der Waals surface area (Å²) in [6, 6.07) is 16.0. The molecule has 1 aliphatic heterocycles. The van der Waals surface area contributed by atoms with Crippen molar-refractivity contribution in [2.75, 3.05) is 13.2 Å². The molecule has 0 aliphatic carbocycles. The molecule has 158 valence electrons. The van der Waals surface area contributed by atoms with Gasteiger partial charge in [-0.05, 0) is 48.8 Å². The molecule has 3 unspecified atom stereocenters. The van der Waals surface area contributed by atoms with E-state index in [1.807, 2.05) is 30.3 Å². The monoisotopic (exact) mass is 398 g/mol. The average Bonchev–Trinajstić information content (AvgIpc) is 2.60. The Kier molecular flexibility index (Phi) is 6.21. The second kappa shape index (κ2) is 8.19. The van der Waals surface area contributed by atoms with Crippen molar-refractivity contribution in [2.45, 2.75) is 65.0 Å². The van der Waals surface area contributed by atoms with Crippen LogP contribution in [-0.2, 0) is 28.1 Å². The molecule has 2 N–H and O–H groups in total. The first-order valence-corrected chi connectivity index (χ1v) is 10.4. The normalized spacial score (nSPS) is 29.0. The quantitative estimate of drug-likeness (QED) is 0.685. The van der Waals surface area contributed by atoms with Crippen molar-refractivity contribution in [2.24, 2.45) is 5.41 Å². The Morgan fingerprint density at radius 2 is 1.45 bits per heavy atom. The van der Waals surface area contributed by atoms with E-state index in [-0.39, 0.29) is 11.3 Å². The molecule has 2 aromatic carbocycles. The summed E-state index contributed by atoms with van der Waals surface area (Å²) < 4.78 is 11.9. The van der Waals surface area contributed by atoms with Crippen molar-refractivity contribution in [1.29, 1.82) is 0 Å². The fourth-order valence-corrected chi connectivity index (χ4v) is 4.47. The number of ether oxygens (including phenoxy) is 2. The lowest BCUT2D eigenvalue weighted by molar-refractivity contribution is -0.220. The smallest absolute Gasteiger partial charge is 0.189 e. The molecule has 1 heterocycles. The Bertz CT molecular complexity index is 833. The summed E-state index contributed by atoms with van der Waals surface area (Å²) in [6.45, 7) is 10.6. The zero-order valence-corrected chi connectivity index (χ0v) is 18.2. The summed E-state index contributed by atoms with van der Waals surface area (Å²) in [5.74, 6) is -2.86. The molecule has 0 aromatic heterocycles. The van der Waals surface area contributed by atoms with Crippen molar-refractivity contribution < 1.29 is 19.7 Å². The van der Waals surface area contributed by atoms with Gasteiger partial charge in [0.25, 0.3) is 0 Å². The van der Waals surface area contributed by atoms with Gasteiger partial charge in [-0.2, -0.15) is 0 Å². The van der Waals surface area contributed by atoms with Gasteiger partial charge in [-0.15, -0.1) is 0 Å². The lowest BCUT2D eigenvalue weighted by atomic mass is 9.71. The van der Waals surface area contributed by atoms with Gasteiger partial charge in [0.2, 0.25) is 0 Å². The van der Waals surface area contributed by atoms with Crippen LogP contribution in [0, 0.1) is 5.41 Å². The van der Waals surface area contributed by atoms with Crippen LogP contribution in [0.15, 0.2) is 48.5 Å². The molecule has 0 radical (unpaired) electrons. The maximum atomic E-state index is 11.3. The molecule has 2 aromatic rings. The predicted octanol–water partition coefficient (Wildman–Crippen LogP) is 4.52. The molecule has 3 rings (SSSR count). The minimum Gasteiger partial charge on any atom is -0.365 e. The van der Waals surface area contributed by atoms with Crippen LogP contribution < -0.4 is 0 Å². The second-order valence-electron chi connectivity index (χ2n) is 9.48. The van der Waals surface area contributed by atoms with Crippen LogP contribution in [0.4, 0.5) is 0 Å². The molecule has 0 amide bonds. The first-order chi connectivity index (χ1) is 13.5. The van der Waals surface area contributed by atoms with E-state index in [0.717, 1.165) is 22.3 Å². The second-order valence-corrected chi connectivity index (χ2v) is 9.48. The first kappa shape index (κ1) is 22.0. The van der Waals surface area contributed by atoms with Gasteiger partial charge >= 0.3 is 0 Å². The third-order valence-corrected chi connectivity index (χ3v) is 5.71. The minimum atomic E-state index is -1.35. The molecule has 0 spiro atoms. The number of hydrogen-bond acceptors (Lipinski definition) is 4. The van der Waals surface area contributed by atoms with E-state index >= 15 is 0 Å². The van der Waals surface area contributed by atoms with Crippen LogP contribution in [0.2, 0.25) is 0 Å². The SMILES string of the molecule is CC1(O)OCCc2cccc(c2)C(C(C)(C)C)C(C)(O)OCCc2cccc1c2. The van der Waals surface area contributed by atoms with Gasteiger partial charge in [-0.3, -0.25) is 0 Å². The summed E-state index contributed by atoms with van der Waals surface area (Å²) in [5.41, 5.74) is 3.70. The third kappa shape index (κ3) is 5.26. The summed E-state index contributed by atoms with van der Waals surface area (Å²) in [4.78, 5) is 0. The van der Waals surface area contributed by atoms with E-state index in [9.17, 15) is 10.2 Å². The van der Waals surface area contributed by atoms with Crippen molar-refractivity contribution >= 4 is 0 Å². The van der Waals surface area contributed by atoms with E-state index in [0.29, 0.717) is 26.1 Å². The molecule has 0 saturated carbocycles. The maximum Gasteiger partial charge on any atom is 0.189 e. The molecule has 4 nitrogen and oxygen atoms in total. The Balaban J connectivity index is 2.00. The highest BCUT2D eigenvalue weighted by atomic mass is 16.6. The van der Waals surface area contributed by atoms with Crippen molar-refractivity contribution in [3.63, 3.8) is 0 Å². The van der Waals surface area contributed by atoms with Crippen LogP contribution in [0.1, 0.15) is 62.8 Å². The van der Waals surface area contributed by atoms with Gasteiger partial charge in [-0.1, -0.05) is 69.3 Å². The van der Waals surface area contributed by atoms with Crippen LogP contribution in [0.5, 0.6) is 0 Å². The van der Waals surface area contributed by atoms with E-state index < -0.39 is 11.6 Å². The molecule has 29 heavy (non-hydrogen) atoms. The first-order valence-electron chi connectivity index (χ1n) is 10.4. The number of hydrogen-bond donors (Lipinski definition) is 2. The van der Waals surface area contributed by atoms with Crippen molar-refractivity contribution in [1.82, 2.24) is 0 Å². The summed E-state index contributed by atoms with van der Waals surface area (Å²) in [6.07, 6.45) is 1.31.